The number of aryl methyl sites for hydroxylation is 1. The van der Waals surface area contributed by atoms with Gasteiger partial charge in [-0.25, -0.2) is 0 Å². The Kier molecular flexibility index (Phi) is 12.0. The number of ether oxygens (including phenoxy) is 1. The maximum absolute atomic E-state index is 5.41. The van der Waals surface area contributed by atoms with Crippen LogP contribution in [0.3, 0.4) is 0 Å². The Morgan fingerprint density at radius 1 is 1.32 bits per heavy atom. The molecule has 0 aliphatic carbocycles. The maximum atomic E-state index is 5.41. The van der Waals surface area contributed by atoms with Gasteiger partial charge in [-0.05, 0) is 18.1 Å². The fraction of sp³-hybridized carbons (Fsp3) is 0.526. The normalized spacial score (nSPS) is 12.2. The van der Waals surface area contributed by atoms with E-state index < -0.39 is 0 Å². The minimum absolute atomic E-state index is 0. The van der Waals surface area contributed by atoms with Crippen LogP contribution < -0.4 is 15.4 Å². The monoisotopic (exact) mass is 518 g/mol. The van der Waals surface area contributed by atoms with Gasteiger partial charge in [-0.3, -0.25) is 4.99 Å². The lowest BCUT2D eigenvalue weighted by atomic mass is 10.2. The van der Waals surface area contributed by atoms with Gasteiger partial charge in [0.15, 0.2) is 5.96 Å². The van der Waals surface area contributed by atoms with Crippen molar-refractivity contribution in [3.63, 3.8) is 0 Å². The van der Waals surface area contributed by atoms with Crippen LogP contribution in [0.5, 0.6) is 5.75 Å². The van der Waals surface area contributed by atoms with Crippen LogP contribution in [0.1, 0.15) is 19.7 Å². The molecule has 0 saturated heterocycles. The Hall–Kier alpha value is -1.49. The third kappa shape index (κ3) is 7.86. The number of para-hydroxylation sites is 1. The highest BCUT2D eigenvalue weighted by Crippen LogP contribution is 2.29. The smallest absolute Gasteiger partial charge is 0.191 e. The highest BCUT2D eigenvalue weighted by Gasteiger charge is 2.08. The third-order valence-electron chi connectivity index (χ3n) is 4.09. The number of thioether (sulfide) groups is 1. The van der Waals surface area contributed by atoms with Gasteiger partial charge in [0.25, 0.3) is 0 Å². The van der Waals surface area contributed by atoms with E-state index in [0.29, 0.717) is 5.92 Å². The molecule has 9 heteroatoms. The molecule has 2 aromatic rings. The fourth-order valence-corrected chi connectivity index (χ4v) is 3.61. The molecule has 0 bridgehead atoms. The van der Waals surface area contributed by atoms with Crippen molar-refractivity contribution in [1.82, 2.24) is 25.4 Å². The van der Waals surface area contributed by atoms with Crippen LogP contribution in [-0.2, 0) is 13.0 Å². The van der Waals surface area contributed by atoms with Crippen molar-refractivity contribution in [2.24, 2.45) is 10.9 Å². The summed E-state index contributed by atoms with van der Waals surface area (Å²) in [5.74, 6) is 4.24. The second kappa shape index (κ2) is 13.6. The molecular formula is C19H31IN6OS. The Bertz CT molecular complexity index is 724. The number of nitrogens with one attached hydrogen (secondary N) is 2. The second-order valence-corrected chi connectivity index (χ2v) is 7.30. The number of nitrogens with zero attached hydrogens (tertiary/aromatic N) is 4. The number of aliphatic imine (C=N–C) groups is 1. The van der Waals surface area contributed by atoms with E-state index in [1.807, 2.05) is 30.0 Å². The Labute approximate surface area is 189 Å². The Balaban J connectivity index is 0.00000392. The fourth-order valence-electron chi connectivity index (χ4n) is 2.55. The van der Waals surface area contributed by atoms with E-state index in [0.717, 1.165) is 49.3 Å². The van der Waals surface area contributed by atoms with Gasteiger partial charge in [0.05, 0.1) is 7.11 Å². The van der Waals surface area contributed by atoms with E-state index in [2.05, 4.69) is 50.3 Å². The zero-order chi connectivity index (χ0) is 19.5. The van der Waals surface area contributed by atoms with E-state index in [1.165, 1.54) is 4.90 Å². The highest BCUT2D eigenvalue weighted by atomic mass is 127. The van der Waals surface area contributed by atoms with Gasteiger partial charge in [0.1, 0.15) is 17.9 Å². The number of hydrogen-bond donors (Lipinski definition) is 2. The van der Waals surface area contributed by atoms with Gasteiger partial charge in [0.2, 0.25) is 0 Å². The summed E-state index contributed by atoms with van der Waals surface area (Å²) in [6.45, 7) is 6.76. The number of methoxy groups -OCH3 is 1. The molecule has 0 amide bonds. The summed E-state index contributed by atoms with van der Waals surface area (Å²) < 4.78 is 7.47. The molecule has 156 valence electrons. The minimum Gasteiger partial charge on any atom is -0.496 e. The molecule has 0 fully saturated rings. The van der Waals surface area contributed by atoms with Crippen molar-refractivity contribution < 1.29 is 4.74 Å². The highest BCUT2D eigenvalue weighted by molar-refractivity contribution is 14.0. The zero-order valence-corrected chi connectivity index (χ0v) is 20.2. The van der Waals surface area contributed by atoms with E-state index in [-0.39, 0.29) is 24.0 Å². The van der Waals surface area contributed by atoms with Gasteiger partial charge in [-0.2, -0.15) is 0 Å². The number of guanidine groups is 1. The van der Waals surface area contributed by atoms with Crippen molar-refractivity contribution in [2.75, 3.05) is 33.0 Å². The summed E-state index contributed by atoms with van der Waals surface area (Å²) in [6.07, 6.45) is 2.65. The second-order valence-electron chi connectivity index (χ2n) is 6.24. The molecule has 0 spiro atoms. The first kappa shape index (κ1) is 24.5. The zero-order valence-electron chi connectivity index (χ0n) is 17.0. The van der Waals surface area contributed by atoms with Crippen molar-refractivity contribution >= 4 is 41.7 Å². The van der Waals surface area contributed by atoms with Crippen LogP contribution in [0.2, 0.25) is 0 Å². The van der Waals surface area contributed by atoms with E-state index in [9.17, 15) is 0 Å². The summed E-state index contributed by atoms with van der Waals surface area (Å²) in [6, 6.07) is 8.13. The predicted octanol–water partition coefficient (Wildman–Crippen LogP) is 3.06. The van der Waals surface area contributed by atoms with E-state index in [1.54, 1.807) is 20.5 Å². The molecule has 1 heterocycles. The third-order valence-corrected chi connectivity index (χ3v) is 5.48. The molecule has 0 saturated carbocycles. The van der Waals surface area contributed by atoms with E-state index >= 15 is 0 Å². The number of aromatic nitrogens is 3. The summed E-state index contributed by atoms with van der Waals surface area (Å²) in [5, 5.41) is 14.8. The molecular weight excluding hydrogens is 487 g/mol. The topological polar surface area (TPSA) is 76.4 Å². The lowest BCUT2D eigenvalue weighted by Crippen LogP contribution is -2.41. The number of hydrogen-bond acceptors (Lipinski definition) is 5. The van der Waals surface area contributed by atoms with Crippen molar-refractivity contribution in [2.45, 2.75) is 31.7 Å². The van der Waals surface area contributed by atoms with E-state index in [4.69, 9.17) is 4.74 Å². The van der Waals surface area contributed by atoms with Crippen LogP contribution in [-0.4, -0.2) is 53.7 Å². The Morgan fingerprint density at radius 2 is 2.11 bits per heavy atom. The van der Waals surface area contributed by atoms with Gasteiger partial charge < -0.3 is 19.9 Å². The largest absolute Gasteiger partial charge is 0.496 e. The summed E-state index contributed by atoms with van der Waals surface area (Å²) in [7, 11) is 3.50. The first-order chi connectivity index (χ1) is 13.2. The Morgan fingerprint density at radius 3 is 2.82 bits per heavy atom. The molecule has 1 atom stereocenters. The van der Waals surface area contributed by atoms with Crippen LogP contribution in [0.25, 0.3) is 0 Å². The molecule has 0 aliphatic rings. The van der Waals surface area contributed by atoms with Gasteiger partial charge >= 0.3 is 0 Å². The number of rotatable bonds is 10. The minimum atomic E-state index is 0. The van der Waals surface area contributed by atoms with Gasteiger partial charge in [0, 0.05) is 43.8 Å². The summed E-state index contributed by atoms with van der Waals surface area (Å²) in [4.78, 5) is 5.47. The number of benzene rings is 1. The lowest BCUT2D eigenvalue weighted by molar-refractivity contribution is 0.405. The van der Waals surface area contributed by atoms with Gasteiger partial charge in [-0.1, -0.05) is 26.0 Å². The van der Waals surface area contributed by atoms with Crippen LogP contribution in [0.15, 0.2) is 40.5 Å². The molecule has 1 aromatic heterocycles. The van der Waals surface area contributed by atoms with Crippen LogP contribution >= 0.6 is 35.7 Å². The standard InChI is InChI=1S/C19H30N6OS.HI/c1-5-18-24-23-14-25(18)11-10-21-19(20-3)22-12-15(2)13-27-17-9-7-6-8-16(17)26-4;/h6-9,14-15H,5,10-13H2,1-4H3,(H2,20,21,22);1H. The quantitative estimate of drug-likeness (QED) is 0.218. The predicted molar refractivity (Wildman–Crippen MR) is 127 cm³/mol. The first-order valence-electron chi connectivity index (χ1n) is 9.24. The van der Waals surface area contributed by atoms with Crippen LogP contribution in [0, 0.1) is 5.92 Å². The molecule has 1 unspecified atom stereocenters. The van der Waals surface area contributed by atoms with Crippen molar-refractivity contribution in [3.8, 4) is 5.75 Å². The van der Waals surface area contributed by atoms with Crippen molar-refractivity contribution in [1.29, 1.82) is 0 Å². The molecule has 2 N–H and O–H groups in total. The molecule has 2 rings (SSSR count). The maximum Gasteiger partial charge on any atom is 0.191 e. The van der Waals surface area contributed by atoms with Crippen LogP contribution in [0.4, 0.5) is 0 Å². The average molecular weight is 518 g/mol. The lowest BCUT2D eigenvalue weighted by Gasteiger charge is -2.16. The van der Waals surface area contributed by atoms with Gasteiger partial charge in [-0.15, -0.1) is 45.9 Å². The van der Waals surface area contributed by atoms with Crippen molar-refractivity contribution in [3.05, 3.63) is 36.4 Å². The first-order valence-corrected chi connectivity index (χ1v) is 10.2. The molecule has 0 radical (unpaired) electrons. The average Bonchev–Trinajstić information content (AvgIpc) is 3.16. The number of halogens is 1. The molecule has 28 heavy (non-hydrogen) atoms. The summed E-state index contributed by atoms with van der Waals surface area (Å²) >= 11 is 1.82. The SMILES string of the molecule is CCc1nncn1CCNC(=NC)NCC(C)CSc1ccccc1OC.I. The molecule has 7 nitrogen and oxygen atoms in total. The molecule has 1 aromatic carbocycles. The molecule has 0 aliphatic heterocycles. The summed E-state index contributed by atoms with van der Waals surface area (Å²) in [5.41, 5.74) is 0.